The van der Waals surface area contributed by atoms with Gasteiger partial charge in [0.25, 0.3) is 0 Å². The molecule has 0 amide bonds. The molecule has 7 aromatic carbocycles. The minimum atomic E-state index is -2.74. The molecule has 0 atom stereocenters. The molecule has 0 fully saturated rings. The fraction of sp³-hybridized carbons (Fsp3) is 0.230. The number of rotatable bonds is 7. The van der Waals surface area contributed by atoms with Crippen LogP contribution in [0.1, 0.15) is 95.5 Å². The van der Waals surface area contributed by atoms with Crippen molar-refractivity contribution in [2.75, 3.05) is 16.5 Å². The summed E-state index contributed by atoms with van der Waals surface area (Å²) in [5, 5.41) is 1.83. The Morgan fingerprint density at radius 1 is 0.530 bits per heavy atom. The second-order valence-corrected chi connectivity index (χ2v) is 20.5. The highest BCUT2D eigenvalue weighted by Gasteiger charge is 2.31. The van der Waals surface area contributed by atoms with Gasteiger partial charge in [-0.15, -0.1) is 0 Å². The van der Waals surface area contributed by atoms with Crippen molar-refractivity contribution >= 4 is 44.6 Å². The zero-order chi connectivity index (χ0) is 53.0. The Morgan fingerprint density at radius 2 is 1.24 bits per heavy atom. The molecule has 9 aromatic rings. The molecule has 0 spiro atoms. The Bertz CT molecular complexity index is 3630. The van der Waals surface area contributed by atoms with Crippen molar-refractivity contribution in [3.05, 3.63) is 192 Å². The molecule has 66 heavy (non-hydrogen) atoms. The van der Waals surface area contributed by atoms with Crippen LogP contribution in [0.25, 0.3) is 49.9 Å². The Hall–Kier alpha value is -7.11. The fourth-order valence-electron chi connectivity index (χ4n) is 8.93. The number of ether oxygens (including phenoxy) is 1. The van der Waals surface area contributed by atoms with Crippen molar-refractivity contribution in [2.45, 2.75) is 85.4 Å². The summed E-state index contributed by atoms with van der Waals surface area (Å²) in [6, 6.07) is 43.2. The smallest absolute Gasteiger partial charge is 0.137 e. The van der Waals surface area contributed by atoms with Crippen LogP contribution in [0.2, 0.25) is 0 Å². The zero-order valence-corrected chi connectivity index (χ0v) is 39.2. The predicted molar refractivity (Wildman–Crippen MR) is 279 cm³/mol. The van der Waals surface area contributed by atoms with Crippen molar-refractivity contribution in [3.8, 4) is 39.6 Å². The number of hydrogen-bond donors (Lipinski definition) is 0. The molecule has 3 heterocycles. The number of aryl methyl sites for hydroxylation is 1. The zero-order valence-electron chi connectivity index (χ0n) is 47.2. The maximum Gasteiger partial charge on any atom is 0.137 e. The maximum atomic E-state index is 8.69. The number of pyridine rings is 1. The first-order valence-corrected chi connectivity index (χ1v) is 22.6. The highest BCUT2D eigenvalue weighted by Crippen LogP contribution is 2.48. The van der Waals surface area contributed by atoms with Gasteiger partial charge in [-0.2, -0.15) is 0 Å². The van der Waals surface area contributed by atoms with Crippen LogP contribution in [0.5, 0.6) is 11.5 Å². The lowest BCUT2D eigenvalue weighted by molar-refractivity contribution is 0.483. The number of anilines is 4. The summed E-state index contributed by atoms with van der Waals surface area (Å²) in [5.41, 5.74) is 10.9. The average Bonchev–Trinajstić information content (AvgIpc) is 3.90. The highest BCUT2D eigenvalue weighted by molar-refractivity contribution is 6.10. The van der Waals surface area contributed by atoms with Gasteiger partial charge in [0.1, 0.15) is 24.0 Å². The van der Waals surface area contributed by atoms with E-state index in [2.05, 4.69) is 157 Å². The molecule has 1 aliphatic rings. The molecule has 0 bridgehead atoms. The minimum Gasteiger partial charge on any atom is -0.457 e. The third kappa shape index (κ3) is 8.02. The summed E-state index contributed by atoms with van der Waals surface area (Å²) in [7, 11) is 0. The maximum absolute atomic E-state index is 8.69. The summed E-state index contributed by atoms with van der Waals surface area (Å²) in [5.74, 6) is 1.45. The van der Waals surface area contributed by atoms with E-state index in [1.165, 1.54) is 23.4 Å². The number of hydrogen-bond acceptors (Lipinski definition) is 4. The van der Waals surface area contributed by atoms with Gasteiger partial charge in [-0.05, 0) is 129 Å². The molecule has 330 valence electrons. The van der Waals surface area contributed by atoms with Crippen LogP contribution in [0, 0.1) is 6.85 Å². The molecule has 5 nitrogen and oxygen atoms in total. The van der Waals surface area contributed by atoms with Crippen LogP contribution in [-0.2, 0) is 16.2 Å². The summed E-state index contributed by atoms with van der Waals surface area (Å²) in [4.78, 5) is 9.55. The minimum absolute atomic E-state index is 0.0566. The van der Waals surface area contributed by atoms with Crippen molar-refractivity contribution < 1.29 is 15.7 Å². The average molecular weight is 873 g/mol. The molecular weight excluding hydrogens is 805 g/mol. The first-order chi connectivity index (χ1) is 34.8. The van der Waals surface area contributed by atoms with Crippen LogP contribution < -0.4 is 14.5 Å². The van der Waals surface area contributed by atoms with Gasteiger partial charge >= 0.3 is 0 Å². The molecule has 0 radical (unpaired) electrons. The topological polar surface area (TPSA) is 33.5 Å². The van der Waals surface area contributed by atoms with Gasteiger partial charge in [-0.25, -0.2) is 4.98 Å². The second kappa shape index (κ2) is 16.1. The predicted octanol–water partition coefficient (Wildman–Crippen LogP) is 16.8. The van der Waals surface area contributed by atoms with E-state index >= 15 is 0 Å². The number of fused-ring (bicyclic) bond motifs is 4. The normalized spacial score (nSPS) is 15.1. The monoisotopic (exact) mass is 873 g/mol. The van der Waals surface area contributed by atoms with E-state index < -0.39 is 37.1 Å². The third-order valence-corrected chi connectivity index (χ3v) is 12.8. The molecule has 0 saturated carbocycles. The molecule has 0 N–H and O–H groups in total. The Labute approximate surface area is 402 Å². The van der Waals surface area contributed by atoms with Gasteiger partial charge in [0, 0.05) is 50.2 Å². The van der Waals surface area contributed by atoms with Crippen molar-refractivity contribution in [1.29, 1.82) is 0 Å². The van der Waals surface area contributed by atoms with Crippen LogP contribution in [-0.4, -0.2) is 16.2 Å². The van der Waals surface area contributed by atoms with Crippen LogP contribution in [0.4, 0.5) is 22.7 Å². The number of nitrogens with zero attached hydrogens (tertiary/aromatic N) is 4. The van der Waals surface area contributed by atoms with E-state index in [4.69, 9.17) is 20.7 Å². The summed E-state index contributed by atoms with van der Waals surface area (Å²) >= 11 is 0. The Kier molecular flexibility index (Phi) is 8.36. The lowest BCUT2D eigenvalue weighted by atomic mass is 9.80. The van der Waals surface area contributed by atoms with Crippen molar-refractivity contribution in [2.24, 2.45) is 0 Å². The van der Waals surface area contributed by atoms with E-state index in [0.29, 0.717) is 23.7 Å². The van der Waals surface area contributed by atoms with E-state index in [1.807, 2.05) is 47.0 Å². The van der Waals surface area contributed by atoms with E-state index in [-0.39, 0.29) is 38.8 Å². The number of aromatic nitrogens is 2. The van der Waals surface area contributed by atoms with Gasteiger partial charge in [0.05, 0.1) is 29.3 Å². The third-order valence-electron chi connectivity index (χ3n) is 12.8. The van der Waals surface area contributed by atoms with Gasteiger partial charge < -0.3 is 14.5 Å². The van der Waals surface area contributed by atoms with Crippen molar-refractivity contribution in [1.82, 2.24) is 9.55 Å². The molecule has 1 aliphatic heterocycles. The summed E-state index contributed by atoms with van der Waals surface area (Å²) < 4.78 is 76.8. The second-order valence-electron chi connectivity index (χ2n) is 20.5. The first-order valence-electron chi connectivity index (χ1n) is 26.6. The Morgan fingerprint density at radius 3 is 1.95 bits per heavy atom. The van der Waals surface area contributed by atoms with E-state index in [9.17, 15) is 0 Å². The van der Waals surface area contributed by atoms with Crippen LogP contribution in [0.15, 0.2) is 170 Å². The lowest BCUT2D eigenvalue weighted by Gasteiger charge is -2.29. The van der Waals surface area contributed by atoms with Crippen LogP contribution >= 0.6 is 0 Å². The Balaban J connectivity index is 1.08. The largest absolute Gasteiger partial charge is 0.457 e. The standard InChI is InChI=1S/C61H60N4O/c1-40-30-58(62-38-53(40)42-20-15-12-16-21-42)65-54-29-25-44(59(2,3)4)35-52(54)51-27-26-50(37-56(51)65)66-49-23-17-22-47(36-49)63-39-64(48-33-45(60(5,6)7)32-46(34-48)61(8,9)10)57-31-43(24-28-55(57)63)41-18-13-11-14-19-41/h11-38H,39H2,1-10H3/i1D3,12D,15D,16D,20D,21D. The van der Waals surface area contributed by atoms with Gasteiger partial charge in [0.2, 0.25) is 0 Å². The quantitative estimate of drug-likeness (QED) is 0.160. The van der Waals surface area contributed by atoms with Crippen molar-refractivity contribution in [3.63, 3.8) is 0 Å². The molecule has 5 heteroatoms. The first kappa shape index (κ1) is 34.3. The van der Waals surface area contributed by atoms with Gasteiger partial charge in [-0.1, -0.05) is 147 Å². The molecular formula is C61H60N4O. The van der Waals surface area contributed by atoms with E-state index in [0.717, 1.165) is 55.7 Å². The van der Waals surface area contributed by atoms with Crippen LogP contribution in [0.3, 0.4) is 0 Å². The highest BCUT2D eigenvalue weighted by atomic mass is 16.5. The molecule has 0 saturated heterocycles. The lowest BCUT2D eigenvalue weighted by Crippen LogP contribution is -2.25. The molecule has 0 unspecified atom stereocenters. The molecule has 2 aromatic heterocycles. The van der Waals surface area contributed by atoms with E-state index in [1.54, 1.807) is 0 Å². The molecule has 0 aliphatic carbocycles. The summed E-state index contributed by atoms with van der Waals surface area (Å²) in [6.07, 6.45) is 1.31. The van der Waals surface area contributed by atoms with Gasteiger partial charge in [0.15, 0.2) is 0 Å². The molecule has 10 rings (SSSR count). The fourth-order valence-corrected chi connectivity index (χ4v) is 8.93. The SMILES string of the molecule is [2H]c1c([2H])c([2H])c(-c2cnc(-n3c4ccc(C(C)(C)C)cc4c4ccc(Oc5cccc(N6CN(c7cc(C(C)(C)C)cc(C(C)(C)C)c7)c7cc(-c8ccccc8)ccc76)c5)cc43)cc2C([2H])([2H])[2H])c([2H])c1[2H]. The number of benzene rings is 7. The van der Waals surface area contributed by atoms with Gasteiger partial charge in [-0.3, -0.25) is 4.57 Å². The summed E-state index contributed by atoms with van der Waals surface area (Å²) in [6.45, 7) is 17.9.